The molecular formula is C17H15N5O3. The number of nitrogens with zero attached hydrogens (tertiary/aromatic N) is 2. The van der Waals surface area contributed by atoms with Crippen molar-refractivity contribution in [2.24, 2.45) is 0 Å². The number of benzene rings is 1. The van der Waals surface area contributed by atoms with E-state index in [-0.39, 0.29) is 28.8 Å². The highest BCUT2D eigenvalue weighted by Crippen LogP contribution is 2.19. The van der Waals surface area contributed by atoms with Crippen LogP contribution in [-0.2, 0) is 12.8 Å². The lowest BCUT2D eigenvalue weighted by Crippen LogP contribution is -2.40. The highest BCUT2D eigenvalue weighted by Gasteiger charge is 2.23. The van der Waals surface area contributed by atoms with Crippen LogP contribution in [0.15, 0.2) is 39.9 Å². The Morgan fingerprint density at radius 3 is 2.76 bits per heavy atom. The molecule has 126 valence electrons. The molecule has 1 amide bonds. The summed E-state index contributed by atoms with van der Waals surface area (Å²) in [6.07, 6.45) is 1.94. The molecule has 8 heteroatoms. The molecule has 1 unspecified atom stereocenters. The highest BCUT2D eigenvalue weighted by atomic mass is 16.2. The molecule has 0 aliphatic heterocycles. The molecule has 0 fully saturated rings. The first-order valence-corrected chi connectivity index (χ1v) is 7.97. The summed E-state index contributed by atoms with van der Waals surface area (Å²) in [4.78, 5) is 35.9. The molecule has 8 nitrogen and oxygen atoms in total. The number of rotatable bonds is 2. The Hall–Kier alpha value is -3.29. The van der Waals surface area contributed by atoms with Crippen molar-refractivity contribution in [1.29, 1.82) is 0 Å². The molecule has 4 rings (SSSR count). The fourth-order valence-corrected chi connectivity index (χ4v) is 3.20. The van der Waals surface area contributed by atoms with E-state index in [1.54, 1.807) is 24.3 Å². The van der Waals surface area contributed by atoms with Gasteiger partial charge in [0.25, 0.3) is 17.0 Å². The van der Waals surface area contributed by atoms with E-state index in [1.807, 2.05) is 0 Å². The average molecular weight is 337 g/mol. The zero-order chi connectivity index (χ0) is 17.4. The van der Waals surface area contributed by atoms with Gasteiger partial charge < -0.3 is 5.32 Å². The summed E-state index contributed by atoms with van der Waals surface area (Å²) in [7, 11) is 0. The average Bonchev–Trinajstić information content (AvgIpc) is 2.62. The lowest BCUT2D eigenvalue weighted by Gasteiger charge is -2.24. The van der Waals surface area contributed by atoms with Gasteiger partial charge in [-0.3, -0.25) is 14.4 Å². The van der Waals surface area contributed by atoms with Crippen molar-refractivity contribution >= 4 is 16.7 Å². The van der Waals surface area contributed by atoms with Crippen molar-refractivity contribution in [2.45, 2.75) is 25.3 Å². The lowest BCUT2D eigenvalue weighted by atomic mass is 9.92. The molecule has 1 aliphatic rings. The molecule has 0 saturated heterocycles. The number of carbonyl (C=O) groups excluding carboxylic acids is 1. The highest BCUT2D eigenvalue weighted by molar-refractivity contribution is 6.04. The maximum Gasteiger partial charge on any atom is 0.272 e. The summed E-state index contributed by atoms with van der Waals surface area (Å²) in [5.74, 6) is -0.348. The van der Waals surface area contributed by atoms with Gasteiger partial charge in [0.05, 0.1) is 11.1 Å². The molecule has 0 spiro atoms. The number of amides is 1. The van der Waals surface area contributed by atoms with E-state index in [1.165, 1.54) is 6.07 Å². The molecule has 3 N–H and O–H groups in total. The molecule has 3 aromatic rings. The first-order valence-electron chi connectivity index (χ1n) is 7.97. The summed E-state index contributed by atoms with van der Waals surface area (Å²) >= 11 is 0. The largest absolute Gasteiger partial charge is 0.348 e. The van der Waals surface area contributed by atoms with Crippen molar-refractivity contribution in [3.8, 4) is 0 Å². The second-order valence-electron chi connectivity index (χ2n) is 6.06. The van der Waals surface area contributed by atoms with Crippen LogP contribution < -0.4 is 16.4 Å². The van der Waals surface area contributed by atoms with E-state index in [9.17, 15) is 14.4 Å². The molecule has 25 heavy (non-hydrogen) atoms. The Bertz CT molecular complexity index is 1090. The summed E-state index contributed by atoms with van der Waals surface area (Å²) in [6, 6.07) is 8.26. The maximum absolute atomic E-state index is 12.6. The summed E-state index contributed by atoms with van der Waals surface area (Å²) in [5.41, 5.74) is 1.31. The van der Waals surface area contributed by atoms with Crippen molar-refractivity contribution in [3.63, 3.8) is 0 Å². The molecule has 0 saturated carbocycles. The van der Waals surface area contributed by atoms with E-state index >= 15 is 0 Å². The minimum atomic E-state index is -0.348. The standard InChI is InChI=1S/C17H15N5O3/c23-14-8-9-7-10(5-6-13(9)19-20-14)18-17(25)15-11-3-1-2-4-12(11)16(24)22-21-15/h1-4,8,10H,5-7H2,(H,18,25)(H,20,23)(H,22,24). The first-order chi connectivity index (χ1) is 12.1. The summed E-state index contributed by atoms with van der Waals surface area (Å²) in [6.45, 7) is 0. The van der Waals surface area contributed by atoms with Crippen LogP contribution in [0.25, 0.3) is 10.8 Å². The topological polar surface area (TPSA) is 121 Å². The normalized spacial score (nSPS) is 16.4. The number of hydrogen-bond donors (Lipinski definition) is 3. The van der Waals surface area contributed by atoms with E-state index in [0.29, 0.717) is 23.6 Å². The number of aromatic amines is 2. The van der Waals surface area contributed by atoms with Gasteiger partial charge in [0.2, 0.25) is 0 Å². The van der Waals surface area contributed by atoms with Gasteiger partial charge >= 0.3 is 0 Å². The lowest BCUT2D eigenvalue weighted by molar-refractivity contribution is 0.0929. The van der Waals surface area contributed by atoms with Crippen molar-refractivity contribution < 1.29 is 4.79 Å². The van der Waals surface area contributed by atoms with Gasteiger partial charge in [-0.15, -0.1) is 0 Å². The SMILES string of the molecule is O=C(NC1CCc2n[nH]c(=O)cc2C1)c1n[nH]c(=O)c2ccccc12. The predicted octanol–water partition coefficient (Wildman–Crippen LogP) is 0.294. The van der Waals surface area contributed by atoms with Gasteiger partial charge in [0, 0.05) is 17.5 Å². The summed E-state index contributed by atoms with van der Waals surface area (Å²) < 4.78 is 0. The number of fused-ring (bicyclic) bond motifs is 2. The van der Waals surface area contributed by atoms with Crippen LogP contribution in [0.5, 0.6) is 0 Å². The first kappa shape index (κ1) is 15.3. The number of carbonyl (C=O) groups is 1. The third kappa shape index (κ3) is 2.82. The Morgan fingerprint density at radius 1 is 1.12 bits per heavy atom. The molecule has 2 aromatic heterocycles. The van der Waals surface area contributed by atoms with E-state index in [4.69, 9.17) is 0 Å². The van der Waals surface area contributed by atoms with Gasteiger partial charge in [-0.1, -0.05) is 18.2 Å². The number of hydrogen-bond acceptors (Lipinski definition) is 5. The Balaban J connectivity index is 1.60. The van der Waals surface area contributed by atoms with Crippen LogP contribution >= 0.6 is 0 Å². The third-order valence-corrected chi connectivity index (χ3v) is 4.42. The minimum Gasteiger partial charge on any atom is -0.348 e. The van der Waals surface area contributed by atoms with Crippen LogP contribution in [0.1, 0.15) is 28.2 Å². The second-order valence-corrected chi connectivity index (χ2v) is 6.06. The number of aromatic nitrogens is 4. The second kappa shape index (κ2) is 5.97. The van der Waals surface area contributed by atoms with Gasteiger partial charge in [-0.05, 0) is 30.9 Å². The van der Waals surface area contributed by atoms with E-state index in [2.05, 4.69) is 25.7 Å². The van der Waals surface area contributed by atoms with E-state index in [0.717, 1.165) is 17.7 Å². The zero-order valence-corrected chi connectivity index (χ0v) is 13.2. The van der Waals surface area contributed by atoms with Crippen LogP contribution in [0.2, 0.25) is 0 Å². The quantitative estimate of drug-likeness (QED) is 0.621. The Morgan fingerprint density at radius 2 is 1.92 bits per heavy atom. The Labute approximate surface area is 141 Å². The number of H-pyrrole nitrogens is 2. The number of nitrogens with one attached hydrogen (secondary N) is 3. The fraction of sp³-hybridized carbons (Fsp3) is 0.235. The van der Waals surface area contributed by atoms with Crippen LogP contribution in [-0.4, -0.2) is 32.3 Å². The molecule has 0 radical (unpaired) electrons. The van der Waals surface area contributed by atoms with Crippen LogP contribution in [0, 0.1) is 0 Å². The van der Waals surface area contributed by atoms with Gasteiger partial charge in [0.15, 0.2) is 5.69 Å². The zero-order valence-electron chi connectivity index (χ0n) is 13.2. The molecule has 1 aromatic carbocycles. The molecule has 1 aliphatic carbocycles. The van der Waals surface area contributed by atoms with Gasteiger partial charge in [-0.25, -0.2) is 10.2 Å². The number of aryl methyl sites for hydroxylation is 1. The molecular weight excluding hydrogens is 322 g/mol. The van der Waals surface area contributed by atoms with Gasteiger partial charge in [-0.2, -0.15) is 10.2 Å². The maximum atomic E-state index is 12.6. The smallest absolute Gasteiger partial charge is 0.272 e. The molecule has 0 bridgehead atoms. The van der Waals surface area contributed by atoms with Crippen molar-refractivity contribution in [2.75, 3.05) is 0 Å². The Kier molecular flexibility index (Phi) is 3.64. The van der Waals surface area contributed by atoms with Crippen molar-refractivity contribution in [3.05, 3.63) is 68.0 Å². The van der Waals surface area contributed by atoms with Crippen LogP contribution in [0.3, 0.4) is 0 Å². The fourth-order valence-electron chi connectivity index (χ4n) is 3.20. The van der Waals surface area contributed by atoms with Crippen LogP contribution in [0.4, 0.5) is 0 Å². The molecule has 1 atom stereocenters. The predicted molar refractivity (Wildman–Crippen MR) is 90.5 cm³/mol. The minimum absolute atomic E-state index is 0.115. The molecule has 2 heterocycles. The summed E-state index contributed by atoms with van der Waals surface area (Å²) in [5, 5.41) is 16.6. The van der Waals surface area contributed by atoms with E-state index < -0.39 is 0 Å². The van der Waals surface area contributed by atoms with Crippen molar-refractivity contribution in [1.82, 2.24) is 25.7 Å². The van der Waals surface area contributed by atoms with Gasteiger partial charge in [0.1, 0.15) is 0 Å². The monoisotopic (exact) mass is 337 g/mol. The third-order valence-electron chi connectivity index (χ3n) is 4.42.